The second kappa shape index (κ2) is 7.18. The summed E-state index contributed by atoms with van der Waals surface area (Å²) in [5, 5.41) is 0. The molecule has 0 bridgehead atoms. The van der Waals surface area contributed by atoms with Gasteiger partial charge in [-0.05, 0) is 37.5 Å². The van der Waals surface area contributed by atoms with Gasteiger partial charge in [-0.15, -0.1) is 0 Å². The number of nitrogens with zero attached hydrogens (tertiary/aromatic N) is 3. The van der Waals surface area contributed by atoms with Crippen molar-refractivity contribution < 1.29 is 0 Å². The molecular formula is C19H28N4O2. The van der Waals surface area contributed by atoms with Gasteiger partial charge < -0.3 is 4.98 Å². The number of nitrogens with one attached hydrogen (secondary N) is 1. The van der Waals surface area contributed by atoms with Crippen molar-refractivity contribution in [3.05, 3.63) is 27.2 Å². The average Bonchev–Trinajstić information content (AvgIpc) is 3.14. The van der Waals surface area contributed by atoms with Gasteiger partial charge in [-0.2, -0.15) is 0 Å². The number of hydrogen-bond acceptors (Lipinski definition) is 3. The number of fused-ring (bicyclic) bond motifs is 1. The van der Waals surface area contributed by atoms with Gasteiger partial charge in [-0.25, -0.2) is 9.78 Å². The van der Waals surface area contributed by atoms with Crippen LogP contribution >= 0.6 is 0 Å². The van der Waals surface area contributed by atoms with Crippen molar-refractivity contribution in [2.24, 2.45) is 11.8 Å². The molecule has 6 nitrogen and oxygen atoms in total. The molecule has 0 radical (unpaired) electrons. The summed E-state index contributed by atoms with van der Waals surface area (Å²) in [6, 6.07) is 0. The molecule has 6 heteroatoms. The van der Waals surface area contributed by atoms with Crippen LogP contribution in [0.3, 0.4) is 0 Å². The first-order valence-corrected chi connectivity index (χ1v) is 9.91. The van der Waals surface area contributed by atoms with Crippen LogP contribution in [0.4, 0.5) is 0 Å². The molecule has 2 aromatic rings. The Bertz CT molecular complexity index is 835. The maximum Gasteiger partial charge on any atom is 0.332 e. The molecule has 2 aromatic heterocycles. The largest absolute Gasteiger partial charge is 0.339 e. The minimum atomic E-state index is -0.206. The molecule has 0 aliphatic heterocycles. The van der Waals surface area contributed by atoms with Crippen molar-refractivity contribution in [1.82, 2.24) is 19.1 Å². The Morgan fingerprint density at radius 2 is 1.44 bits per heavy atom. The number of aromatic amines is 1. The van der Waals surface area contributed by atoms with Gasteiger partial charge in [0, 0.05) is 13.1 Å². The van der Waals surface area contributed by atoms with E-state index in [9.17, 15) is 9.59 Å². The lowest BCUT2D eigenvalue weighted by Gasteiger charge is -2.24. The summed E-state index contributed by atoms with van der Waals surface area (Å²) in [5.74, 6) is 0.967. The fraction of sp³-hybridized carbons (Fsp3) is 0.737. The van der Waals surface area contributed by atoms with Crippen LogP contribution < -0.4 is 11.2 Å². The van der Waals surface area contributed by atoms with Crippen molar-refractivity contribution in [3.63, 3.8) is 0 Å². The molecule has 1 N–H and O–H groups in total. The third kappa shape index (κ3) is 3.31. The molecular weight excluding hydrogens is 316 g/mol. The Labute approximate surface area is 147 Å². The van der Waals surface area contributed by atoms with Crippen LogP contribution in [0, 0.1) is 11.8 Å². The van der Waals surface area contributed by atoms with E-state index in [1.165, 1.54) is 62.3 Å². The Morgan fingerprint density at radius 1 is 0.880 bits per heavy atom. The molecule has 4 rings (SSSR count). The van der Waals surface area contributed by atoms with Crippen molar-refractivity contribution in [1.29, 1.82) is 0 Å². The van der Waals surface area contributed by atoms with Gasteiger partial charge in [0.2, 0.25) is 0 Å². The Hall–Kier alpha value is -1.85. The summed E-state index contributed by atoms with van der Waals surface area (Å²) in [4.78, 5) is 33.2. The zero-order valence-corrected chi connectivity index (χ0v) is 14.9. The highest BCUT2D eigenvalue weighted by molar-refractivity contribution is 5.68. The summed E-state index contributed by atoms with van der Waals surface area (Å²) in [6.45, 7) is 1.24. The molecule has 25 heavy (non-hydrogen) atoms. The number of hydrogen-bond donors (Lipinski definition) is 1. The topological polar surface area (TPSA) is 72.7 Å². The normalized spacial score (nSPS) is 20.3. The van der Waals surface area contributed by atoms with Crippen LogP contribution in [-0.2, 0) is 13.1 Å². The van der Waals surface area contributed by atoms with Crippen molar-refractivity contribution >= 4 is 11.2 Å². The third-order valence-corrected chi connectivity index (χ3v) is 6.13. The van der Waals surface area contributed by atoms with Crippen LogP contribution in [0.25, 0.3) is 11.2 Å². The highest BCUT2D eigenvalue weighted by atomic mass is 16.2. The number of H-pyrrole nitrogens is 1. The molecule has 0 amide bonds. The average molecular weight is 344 g/mol. The van der Waals surface area contributed by atoms with E-state index in [-0.39, 0.29) is 11.2 Å². The van der Waals surface area contributed by atoms with Gasteiger partial charge in [0.15, 0.2) is 5.65 Å². The van der Waals surface area contributed by atoms with E-state index in [0.717, 1.165) is 12.8 Å². The highest BCUT2D eigenvalue weighted by Crippen LogP contribution is 2.26. The zero-order valence-electron chi connectivity index (χ0n) is 14.9. The monoisotopic (exact) mass is 344 g/mol. The fourth-order valence-corrected chi connectivity index (χ4v) is 4.69. The Balaban J connectivity index is 1.71. The van der Waals surface area contributed by atoms with Gasteiger partial charge in [0.05, 0.1) is 6.33 Å². The molecule has 0 unspecified atom stereocenters. The minimum absolute atomic E-state index is 0.166. The highest BCUT2D eigenvalue weighted by Gasteiger charge is 2.22. The lowest BCUT2D eigenvalue weighted by Crippen LogP contribution is -2.42. The first-order chi connectivity index (χ1) is 12.2. The molecule has 2 aliphatic rings. The number of rotatable bonds is 4. The van der Waals surface area contributed by atoms with Crippen molar-refractivity contribution in [3.8, 4) is 0 Å². The number of imidazole rings is 1. The predicted octanol–water partition coefficient (Wildman–Crippen LogP) is 3.05. The predicted molar refractivity (Wildman–Crippen MR) is 97.8 cm³/mol. The molecule has 0 spiro atoms. The van der Waals surface area contributed by atoms with E-state index < -0.39 is 0 Å². The lowest BCUT2D eigenvalue weighted by molar-refractivity contribution is 0.296. The summed E-state index contributed by atoms with van der Waals surface area (Å²) < 4.78 is 3.23. The summed E-state index contributed by atoms with van der Waals surface area (Å²) >= 11 is 0. The van der Waals surface area contributed by atoms with Gasteiger partial charge in [-0.1, -0.05) is 38.5 Å². The third-order valence-electron chi connectivity index (χ3n) is 6.13. The fourth-order valence-electron chi connectivity index (χ4n) is 4.69. The molecule has 2 fully saturated rings. The van der Waals surface area contributed by atoms with Crippen LogP contribution in [-0.4, -0.2) is 19.1 Å². The van der Waals surface area contributed by atoms with E-state index in [0.29, 0.717) is 36.1 Å². The van der Waals surface area contributed by atoms with E-state index in [1.54, 1.807) is 4.57 Å². The van der Waals surface area contributed by atoms with Crippen LogP contribution in [0.15, 0.2) is 15.9 Å². The Morgan fingerprint density at radius 3 is 2.04 bits per heavy atom. The summed E-state index contributed by atoms with van der Waals surface area (Å²) in [5.41, 5.74) is 0.635. The number of aromatic nitrogens is 4. The first-order valence-electron chi connectivity index (χ1n) is 9.91. The van der Waals surface area contributed by atoms with Crippen LogP contribution in [0.1, 0.15) is 64.2 Å². The smallest absolute Gasteiger partial charge is 0.332 e. The van der Waals surface area contributed by atoms with E-state index in [2.05, 4.69) is 9.97 Å². The Kier molecular flexibility index (Phi) is 4.77. The molecule has 0 aromatic carbocycles. The second-order valence-electron chi connectivity index (χ2n) is 7.92. The van der Waals surface area contributed by atoms with Crippen molar-refractivity contribution in [2.75, 3.05) is 0 Å². The van der Waals surface area contributed by atoms with Crippen LogP contribution in [0.2, 0.25) is 0 Å². The first kappa shape index (κ1) is 16.6. The van der Waals surface area contributed by atoms with E-state index in [1.807, 2.05) is 0 Å². The molecule has 2 heterocycles. The maximum atomic E-state index is 13.1. The molecule has 2 aliphatic carbocycles. The minimum Gasteiger partial charge on any atom is -0.339 e. The molecule has 2 saturated carbocycles. The van der Waals surface area contributed by atoms with E-state index >= 15 is 0 Å². The zero-order chi connectivity index (χ0) is 17.2. The standard InChI is InChI=1S/C19H28N4O2/c24-18-16-17(21-13-20-16)22(11-14-7-3-1-4-8-14)19(25)23(18)12-15-9-5-2-6-10-15/h13-15H,1-12H2,(H,20,21). The summed E-state index contributed by atoms with van der Waals surface area (Å²) in [7, 11) is 0. The summed E-state index contributed by atoms with van der Waals surface area (Å²) in [6.07, 6.45) is 13.6. The second-order valence-corrected chi connectivity index (χ2v) is 7.92. The molecule has 0 saturated heterocycles. The lowest BCUT2D eigenvalue weighted by atomic mass is 9.89. The van der Waals surface area contributed by atoms with Gasteiger partial charge in [0.25, 0.3) is 5.56 Å². The van der Waals surface area contributed by atoms with Crippen LogP contribution in [0.5, 0.6) is 0 Å². The maximum absolute atomic E-state index is 13.1. The SMILES string of the molecule is O=c1c2[nH]cnc2n(CC2CCCCC2)c(=O)n1CC1CCCCC1. The van der Waals surface area contributed by atoms with E-state index in [4.69, 9.17) is 0 Å². The van der Waals surface area contributed by atoms with Gasteiger partial charge in [-0.3, -0.25) is 13.9 Å². The van der Waals surface area contributed by atoms with Gasteiger partial charge >= 0.3 is 5.69 Å². The van der Waals surface area contributed by atoms with Crippen molar-refractivity contribution in [2.45, 2.75) is 77.3 Å². The molecule has 0 atom stereocenters. The quantitative estimate of drug-likeness (QED) is 0.926. The molecule has 136 valence electrons. The van der Waals surface area contributed by atoms with Gasteiger partial charge in [0.1, 0.15) is 5.52 Å².